The SMILES string of the molecule is C=CCc1cc(C(=O)NCCNc2nc3ccccc3s2)cc(OC)c1OC. The van der Waals surface area contributed by atoms with Gasteiger partial charge in [0.05, 0.1) is 24.4 Å². The van der Waals surface area contributed by atoms with E-state index in [-0.39, 0.29) is 5.91 Å². The van der Waals surface area contributed by atoms with Crippen LogP contribution in [0, 0.1) is 0 Å². The maximum absolute atomic E-state index is 12.5. The molecule has 3 aromatic rings. The number of allylic oxidation sites excluding steroid dienone is 1. The lowest BCUT2D eigenvalue weighted by Gasteiger charge is -2.14. The second-order valence-electron chi connectivity index (χ2n) is 6.03. The molecule has 6 nitrogen and oxygen atoms in total. The number of hydrogen-bond acceptors (Lipinski definition) is 6. The minimum Gasteiger partial charge on any atom is -0.493 e. The minimum absolute atomic E-state index is 0.169. The average Bonchev–Trinajstić information content (AvgIpc) is 3.13. The van der Waals surface area contributed by atoms with Gasteiger partial charge in [-0.3, -0.25) is 4.79 Å². The lowest BCUT2D eigenvalue weighted by atomic mass is 10.0. The number of benzene rings is 2. The lowest BCUT2D eigenvalue weighted by Crippen LogP contribution is -2.28. The summed E-state index contributed by atoms with van der Waals surface area (Å²) in [5, 5.41) is 7.00. The molecule has 28 heavy (non-hydrogen) atoms. The van der Waals surface area contributed by atoms with Gasteiger partial charge in [-0.05, 0) is 30.7 Å². The van der Waals surface area contributed by atoms with Gasteiger partial charge in [-0.1, -0.05) is 29.5 Å². The molecular weight excluding hydrogens is 374 g/mol. The smallest absolute Gasteiger partial charge is 0.251 e. The standard InChI is InChI=1S/C21H23N3O3S/c1-4-7-14-12-15(13-17(26-2)19(14)27-3)20(25)22-10-11-23-21-24-16-8-5-6-9-18(16)28-21/h4-6,8-9,12-13H,1,7,10-11H2,2-3H3,(H,22,25)(H,23,24). The number of anilines is 1. The van der Waals surface area contributed by atoms with Gasteiger partial charge in [-0.2, -0.15) is 0 Å². The van der Waals surface area contributed by atoms with Gasteiger partial charge in [-0.25, -0.2) is 4.98 Å². The molecule has 0 atom stereocenters. The fraction of sp³-hybridized carbons (Fsp3) is 0.238. The molecule has 0 fully saturated rings. The van der Waals surface area contributed by atoms with Crippen LogP contribution in [0.5, 0.6) is 11.5 Å². The Bertz CT molecular complexity index is 951. The van der Waals surface area contributed by atoms with Crippen molar-refractivity contribution < 1.29 is 14.3 Å². The van der Waals surface area contributed by atoms with Crippen LogP contribution < -0.4 is 20.1 Å². The number of ether oxygens (including phenoxy) is 2. The Morgan fingerprint density at radius 2 is 2.04 bits per heavy atom. The van der Waals surface area contributed by atoms with Crippen molar-refractivity contribution in [3.63, 3.8) is 0 Å². The summed E-state index contributed by atoms with van der Waals surface area (Å²) in [4.78, 5) is 17.1. The van der Waals surface area contributed by atoms with E-state index >= 15 is 0 Å². The van der Waals surface area contributed by atoms with E-state index in [0.717, 1.165) is 20.9 Å². The highest BCUT2D eigenvalue weighted by molar-refractivity contribution is 7.22. The first-order chi connectivity index (χ1) is 13.7. The maximum atomic E-state index is 12.5. The molecule has 0 saturated heterocycles. The number of hydrogen-bond donors (Lipinski definition) is 2. The van der Waals surface area contributed by atoms with E-state index in [9.17, 15) is 4.79 Å². The first-order valence-electron chi connectivity index (χ1n) is 8.89. The van der Waals surface area contributed by atoms with Gasteiger partial charge in [0.25, 0.3) is 5.91 Å². The van der Waals surface area contributed by atoms with Crippen LogP contribution in [0.4, 0.5) is 5.13 Å². The van der Waals surface area contributed by atoms with Crippen molar-refractivity contribution in [2.45, 2.75) is 6.42 Å². The van der Waals surface area contributed by atoms with Crippen molar-refractivity contribution in [2.75, 3.05) is 32.6 Å². The van der Waals surface area contributed by atoms with Crippen molar-refractivity contribution in [2.24, 2.45) is 0 Å². The highest BCUT2D eigenvalue weighted by Gasteiger charge is 2.15. The van der Waals surface area contributed by atoms with Crippen LogP contribution in [-0.2, 0) is 6.42 Å². The molecule has 0 aliphatic rings. The largest absolute Gasteiger partial charge is 0.493 e. The van der Waals surface area contributed by atoms with Crippen molar-refractivity contribution in [1.82, 2.24) is 10.3 Å². The molecule has 0 bridgehead atoms. The zero-order valence-corrected chi connectivity index (χ0v) is 16.8. The average molecular weight is 398 g/mol. The number of fused-ring (bicyclic) bond motifs is 1. The van der Waals surface area contributed by atoms with E-state index in [2.05, 4.69) is 22.2 Å². The van der Waals surface area contributed by atoms with Gasteiger partial charge in [0.2, 0.25) is 0 Å². The van der Waals surface area contributed by atoms with Crippen LogP contribution in [0.2, 0.25) is 0 Å². The number of para-hydroxylation sites is 1. The molecule has 0 radical (unpaired) electrons. The molecule has 7 heteroatoms. The molecule has 2 N–H and O–H groups in total. The van der Waals surface area contributed by atoms with E-state index in [1.807, 2.05) is 24.3 Å². The molecule has 0 unspecified atom stereocenters. The number of amides is 1. The highest BCUT2D eigenvalue weighted by atomic mass is 32.1. The monoisotopic (exact) mass is 397 g/mol. The van der Waals surface area contributed by atoms with Gasteiger partial charge in [0.1, 0.15) is 0 Å². The topological polar surface area (TPSA) is 72.5 Å². The van der Waals surface area contributed by atoms with Gasteiger partial charge < -0.3 is 20.1 Å². The van der Waals surface area contributed by atoms with E-state index in [1.165, 1.54) is 0 Å². The van der Waals surface area contributed by atoms with Crippen molar-refractivity contribution >= 4 is 32.6 Å². The summed E-state index contributed by atoms with van der Waals surface area (Å²) < 4.78 is 11.9. The number of aromatic nitrogens is 1. The van der Waals surface area contributed by atoms with Gasteiger partial charge in [0, 0.05) is 24.2 Å². The normalized spacial score (nSPS) is 10.5. The summed E-state index contributed by atoms with van der Waals surface area (Å²) in [5.74, 6) is 0.980. The molecule has 146 valence electrons. The van der Waals surface area contributed by atoms with Crippen molar-refractivity contribution in [3.05, 3.63) is 60.2 Å². The predicted molar refractivity (Wildman–Crippen MR) is 114 cm³/mol. The number of carbonyl (C=O) groups is 1. The summed E-state index contributed by atoms with van der Waals surface area (Å²) in [6.07, 6.45) is 2.35. The Morgan fingerprint density at radius 3 is 2.75 bits per heavy atom. The van der Waals surface area contributed by atoms with E-state index in [0.29, 0.717) is 36.6 Å². The van der Waals surface area contributed by atoms with Crippen LogP contribution in [0.25, 0.3) is 10.2 Å². The summed E-state index contributed by atoms with van der Waals surface area (Å²) in [6.45, 7) is 4.81. The van der Waals surface area contributed by atoms with Crippen LogP contribution in [0.1, 0.15) is 15.9 Å². The van der Waals surface area contributed by atoms with Crippen LogP contribution in [0.15, 0.2) is 49.1 Å². The first kappa shape index (κ1) is 19.7. The Kier molecular flexibility index (Phi) is 6.49. The highest BCUT2D eigenvalue weighted by Crippen LogP contribution is 2.33. The fourth-order valence-corrected chi connectivity index (χ4v) is 3.77. The van der Waals surface area contributed by atoms with Crippen molar-refractivity contribution in [3.8, 4) is 11.5 Å². The quantitative estimate of drug-likeness (QED) is 0.423. The fourth-order valence-electron chi connectivity index (χ4n) is 2.88. The summed E-state index contributed by atoms with van der Waals surface area (Å²) in [7, 11) is 3.14. The molecule has 1 amide bonds. The molecule has 2 aromatic carbocycles. The molecule has 0 aliphatic carbocycles. The second-order valence-corrected chi connectivity index (χ2v) is 7.06. The zero-order valence-electron chi connectivity index (χ0n) is 16.0. The number of rotatable bonds is 9. The molecule has 1 heterocycles. The Hall–Kier alpha value is -3.06. The number of nitrogens with zero attached hydrogens (tertiary/aromatic N) is 1. The zero-order chi connectivity index (χ0) is 19.9. The number of nitrogens with one attached hydrogen (secondary N) is 2. The Morgan fingerprint density at radius 1 is 1.21 bits per heavy atom. The minimum atomic E-state index is -0.169. The summed E-state index contributed by atoms with van der Waals surface area (Å²) in [6, 6.07) is 11.5. The summed E-state index contributed by atoms with van der Waals surface area (Å²) in [5.41, 5.74) is 2.35. The van der Waals surface area contributed by atoms with E-state index in [1.54, 1.807) is 43.8 Å². The van der Waals surface area contributed by atoms with Gasteiger partial charge in [-0.15, -0.1) is 6.58 Å². The number of thiazole rings is 1. The molecule has 0 spiro atoms. The van der Waals surface area contributed by atoms with Gasteiger partial charge in [0.15, 0.2) is 16.6 Å². The van der Waals surface area contributed by atoms with E-state index < -0.39 is 0 Å². The van der Waals surface area contributed by atoms with E-state index in [4.69, 9.17) is 9.47 Å². The molecular formula is C21H23N3O3S. The Balaban J connectivity index is 1.61. The van der Waals surface area contributed by atoms with Crippen LogP contribution >= 0.6 is 11.3 Å². The van der Waals surface area contributed by atoms with Crippen LogP contribution in [0.3, 0.4) is 0 Å². The predicted octanol–water partition coefficient (Wildman–Crippen LogP) is 3.88. The maximum Gasteiger partial charge on any atom is 0.251 e. The third-order valence-electron chi connectivity index (χ3n) is 4.16. The first-order valence-corrected chi connectivity index (χ1v) is 9.71. The van der Waals surface area contributed by atoms with Gasteiger partial charge >= 0.3 is 0 Å². The molecule has 3 rings (SSSR count). The molecule has 1 aromatic heterocycles. The third-order valence-corrected chi connectivity index (χ3v) is 5.16. The van der Waals surface area contributed by atoms with Crippen molar-refractivity contribution in [1.29, 1.82) is 0 Å². The van der Waals surface area contributed by atoms with Crippen LogP contribution in [-0.4, -0.2) is 38.2 Å². The number of carbonyl (C=O) groups excluding carboxylic acids is 1. The summed E-state index contributed by atoms with van der Waals surface area (Å²) >= 11 is 1.59. The third kappa shape index (κ3) is 4.43. The Labute approximate surface area is 168 Å². The molecule has 0 aliphatic heterocycles. The second kappa shape index (κ2) is 9.23. The molecule has 0 saturated carbocycles. The number of methoxy groups -OCH3 is 2. The lowest BCUT2D eigenvalue weighted by molar-refractivity contribution is 0.0954.